The van der Waals surface area contributed by atoms with Gasteiger partial charge >= 0.3 is 6.55 Å². The van der Waals surface area contributed by atoms with Gasteiger partial charge in [-0.15, -0.1) is 10.2 Å². The van der Waals surface area contributed by atoms with Gasteiger partial charge < -0.3 is 4.74 Å². The van der Waals surface area contributed by atoms with Gasteiger partial charge in [-0.05, 0) is 24.3 Å². The normalized spacial score (nSPS) is 11.4. The molecular formula is C18H15F2N5OS. The highest BCUT2D eigenvalue weighted by atomic mass is 32.2. The third kappa shape index (κ3) is 3.37. The SMILES string of the molecule is COc1cccc(-n2cnnc2SCc2nc3ccccc3n2C(F)F)c1. The molecule has 0 saturated carbocycles. The van der Waals surface area contributed by atoms with Crippen LogP contribution in [0.15, 0.2) is 60.0 Å². The number of nitrogens with zero attached hydrogens (tertiary/aromatic N) is 5. The summed E-state index contributed by atoms with van der Waals surface area (Å²) in [5, 5.41) is 8.62. The maximum absolute atomic E-state index is 13.6. The Morgan fingerprint density at radius 3 is 2.81 bits per heavy atom. The summed E-state index contributed by atoms with van der Waals surface area (Å²) in [7, 11) is 1.59. The van der Waals surface area contributed by atoms with Crippen molar-refractivity contribution in [3.05, 3.63) is 60.7 Å². The molecule has 9 heteroatoms. The van der Waals surface area contributed by atoms with Crippen molar-refractivity contribution in [1.82, 2.24) is 24.3 Å². The first kappa shape index (κ1) is 17.5. The molecule has 27 heavy (non-hydrogen) atoms. The van der Waals surface area contributed by atoms with E-state index in [1.807, 2.05) is 24.3 Å². The second-order valence-electron chi connectivity index (χ2n) is 5.64. The van der Waals surface area contributed by atoms with Gasteiger partial charge in [-0.2, -0.15) is 8.78 Å². The van der Waals surface area contributed by atoms with Gasteiger partial charge in [0, 0.05) is 6.07 Å². The van der Waals surface area contributed by atoms with Gasteiger partial charge in [0.1, 0.15) is 17.9 Å². The Morgan fingerprint density at radius 1 is 1.15 bits per heavy atom. The smallest absolute Gasteiger partial charge is 0.320 e. The number of imidazole rings is 1. The first-order valence-electron chi connectivity index (χ1n) is 8.08. The van der Waals surface area contributed by atoms with E-state index in [9.17, 15) is 8.78 Å². The van der Waals surface area contributed by atoms with Crippen molar-refractivity contribution in [3.8, 4) is 11.4 Å². The van der Waals surface area contributed by atoms with E-state index in [-0.39, 0.29) is 11.6 Å². The number of aromatic nitrogens is 5. The number of para-hydroxylation sites is 2. The van der Waals surface area contributed by atoms with Crippen LogP contribution < -0.4 is 4.74 Å². The average molecular weight is 387 g/mol. The number of thioether (sulfide) groups is 1. The van der Waals surface area contributed by atoms with Crippen LogP contribution in [0.5, 0.6) is 5.75 Å². The minimum Gasteiger partial charge on any atom is -0.497 e. The highest BCUT2D eigenvalue weighted by Gasteiger charge is 2.18. The van der Waals surface area contributed by atoms with Crippen LogP contribution >= 0.6 is 11.8 Å². The van der Waals surface area contributed by atoms with Crippen molar-refractivity contribution in [3.63, 3.8) is 0 Å². The molecule has 0 aliphatic rings. The second-order valence-corrected chi connectivity index (χ2v) is 6.58. The van der Waals surface area contributed by atoms with Crippen molar-refractivity contribution in [2.45, 2.75) is 17.5 Å². The topological polar surface area (TPSA) is 57.8 Å². The molecule has 0 saturated heterocycles. The minimum absolute atomic E-state index is 0.238. The highest BCUT2D eigenvalue weighted by molar-refractivity contribution is 7.98. The van der Waals surface area contributed by atoms with Crippen molar-refractivity contribution in [2.24, 2.45) is 0 Å². The minimum atomic E-state index is -2.66. The average Bonchev–Trinajstić information content (AvgIpc) is 3.30. The molecule has 2 aromatic carbocycles. The van der Waals surface area contributed by atoms with Gasteiger partial charge in [-0.25, -0.2) is 4.98 Å². The van der Waals surface area contributed by atoms with E-state index in [0.717, 1.165) is 10.3 Å². The Bertz CT molecular complexity index is 1080. The first-order valence-corrected chi connectivity index (χ1v) is 9.07. The van der Waals surface area contributed by atoms with E-state index in [0.29, 0.717) is 21.9 Å². The van der Waals surface area contributed by atoms with Gasteiger partial charge in [-0.1, -0.05) is 30.0 Å². The van der Waals surface area contributed by atoms with Crippen LogP contribution in [0.2, 0.25) is 0 Å². The summed E-state index contributed by atoms with van der Waals surface area (Å²) in [5.41, 5.74) is 1.78. The van der Waals surface area contributed by atoms with Gasteiger partial charge in [0.25, 0.3) is 0 Å². The lowest BCUT2D eigenvalue weighted by Gasteiger charge is -2.09. The van der Waals surface area contributed by atoms with Crippen molar-refractivity contribution in [1.29, 1.82) is 0 Å². The van der Waals surface area contributed by atoms with Crippen molar-refractivity contribution in [2.75, 3.05) is 7.11 Å². The number of hydrogen-bond acceptors (Lipinski definition) is 5. The Kier molecular flexibility index (Phi) is 4.76. The number of fused-ring (bicyclic) bond motifs is 1. The number of alkyl halides is 2. The molecule has 2 heterocycles. The van der Waals surface area contributed by atoms with Gasteiger partial charge in [-0.3, -0.25) is 9.13 Å². The van der Waals surface area contributed by atoms with Crippen molar-refractivity contribution >= 4 is 22.8 Å². The Hall–Kier alpha value is -2.94. The van der Waals surface area contributed by atoms with Crippen LogP contribution in [0.3, 0.4) is 0 Å². The van der Waals surface area contributed by atoms with Crippen LogP contribution in [0.4, 0.5) is 8.78 Å². The first-order chi connectivity index (χ1) is 13.2. The standard InChI is InChI=1S/C18H15F2N5OS/c1-26-13-6-4-5-12(9-13)24-11-21-23-18(24)27-10-16-22-14-7-2-3-8-15(14)25(16)17(19)20/h2-9,11,17H,10H2,1H3. The second kappa shape index (κ2) is 7.36. The zero-order chi connectivity index (χ0) is 18.8. The summed E-state index contributed by atoms with van der Waals surface area (Å²) >= 11 is 1.29. The van der Waals surface area contributed by atoms with E-state index in [4.69, 9.17) is 4.74 Å². The lowest BCUT2D eigenvalue weighted by Crippen LogP contribution is -2.04. The van der Waals surface area contributed by atoms with E-state index < -0.39 is 6.55 Å². The fourth-order valence-corrected chi connectivity index (χ4v) is 3.66. The Balaban J connectivity index is 1.63. The lowest BCUT2D eigenvalue weighted by atomic mass is 10.3. The number of benzene rings is 2. The molecule has 0 amide bonds. The monoisotopic (exact) mass is 387 g/mol. The quantitative estimate of drug-likeness (QED) is 0.462. The number of hydrogen-bond donors (Lipinski definition) is 0. The number of halogens is 2. The summed E-state index contributed by atoms with van der Waals surface area (Å²) in [6.45, 7) is -2.66. The molecule has 0 atom stereocenters. The van der Waals surface area contributed by atoms with Crippen LogP contribution in [0, 0.1) is 0 Å². The maximum Gasteiger partial charge on any atom is 0.320 e. The van der Waals surface area contributed by atoms with Crippen LogP contribution in [0.25, 0.3) is 16.7 Å². The Morgan fingerprint density at radius 2 is 2.00 bits per heavy atom. The Labute approximate surface area is 157 Å². The zero-order valence-corrected chi connectivity index (χ0v) is 15.1. The fraction of sp³-hybridized carbons (Fsp3) is 0.167. The molecule has 0 fully saturated rings. The predicted octanol–water partition coefficient (Wildman–Crippen LogP) is 4.31. The molecule has 138 valence electrons. The number of ether oxygens (including phenoxy) is 1. The van der Waals surface area contributed by atoms with Gasteiger partial charge in [0.15, 0.2) is 5.16 Å². The highest BCUT2D eigenvalue weighted by Crippen LogP contribution is 2.29. The summed E-state index contributed by atoms with van der Waals surface area (Å²) < 4.78 is 35.1. The molecular weight excluding hydrogens is 372 g/mol. The molecule has 0 spiro atoms. The van der Waals surface area contributed by atoms with E-state index in [1.54, 1.807) is 42.3 Å². The molecule has 4 aromatic rings. The molecule has 2 aromatic heterocycles. The molecule has 0 unspecified atom stereocenters. The molecule has 0 bridgehead atoms. The summed E-state index contributed by atoms with van der Waals surface area (Å²) in [5.74, 6) is 1.23. The van der Waals surface area contributed by atoms with Crippen LogP contribution in [-0.4, -0.2) is 31.4 Å². The molecule has 6 nitrogen and oxygen atoms in total. The predicted molar refractivity (Wildman–Crippen MR) is 98.5 cm³/mol. The summed E-state index contributed by atoms with van der Waals surface area (Å²) in [6.07, 6.45) is 1.58. The molecule has 0 aliphatic carbocycles. The lowest BCUT2D eigenvalue weighted by molar-refractivity contribution is 0.0722. The van der Waals surface area contributed by atoms with Crippen LogP contribution in [0.1, 0.15) is 12.4 Å². The molecule has 4 rings (SSSR count). The zero-order valence-electron chi connectivity index (χ0n) is 14.3. The molecule has 0 aliphatic heterocycles. The van der Waals surface area contributed by atoms with Gasteiger partial charge in [0.2, 0.25) is 0 Å². The van der Waals surface area contributed by atoms with E-state index >= 15 is 0 Å². The third-order valence-electron chi connectivity index (χ3n) is 4.04. The largest absolute Gasteiger partial charge is 0.497 e. The molecule has 0 radical (unpaired) electrons. The van der Waals surface area contributed by atoms with Crippen molar-refractivity contribution < 1.29 is 13.5 Å². The summed E-state index contributed by atoms with van der Waals surface area (Å²) in [4.78, 5) is 4.35. The van der Waals surface area contributed by atoms with Crippen LogP contribution in [-0.2, 0) is 5.75 Å². The van der Waals surface area contributed by atoms with E-state index in [1.165, 1.54) is 11.8 Å². The number of rotatable bonds is 6. The number of methoxy groups -OCH3 is 1. The molecule has 0 N–H and O–H groups in total. The van der Waals surface area contributed by atoms with Gasteiger partial charge in [0.05, 0.1) is 29.6 Å². The fourth-order valence-electron chi connectivity index (χ4n) is 2.80. The third-order valence-corrected chi connectivity index (χ3v) is 4.98. The summed E-state index contributed by atoms with van der Waals surface area (Å²) in [6, 6.07) is 14.3. The maximum atomic E-state index is 13.6. The van der Waals surface area contributed by atoms with E-state index in [2.05, 4.69) is 15.2 Å².